The summed E-state index contributed by atoms with van der Waals surface area (Å²) in [5.41, 5.74) is 6.13. The topological polar surface area (TPSA) is 64.2 Å². The number of aromatic nitrogens is 3. The molecule has 0 bridgehead atoms. The molecule has 0 spiro atoms. The van der Waals surface area contributed by atoms with Gasteiger partial charge in [-0.15, -0.1) is 0 Å². The lowest BCUT2D eigenvalue weighted by Crippen LogP contribution is -2.30. The molecule has 29 heavy (non-hydrogen) atoms. The van der Waals surface area contributed by atoms with Crippen molar-refractivity contribution < 1.29 is 9.21 Å². The highest BCUT2D eigenvalue weighted by molar-refractivity contribution is 5.88. The molecule has 1 atom stereocenters. The summed E-state index contributed by atoms with van der Waals surface area (Å²) in [6, 6.07) is 12.1. The van der Waals surface area contributed by atoms with Gasteiger partial charge in [0.25, 0.3) is 0 Å². The van der Waals surface area contributed by atoms with Crippen LogP contribution in [0.15, 0.2) is 59.7 Å². The quantitative estimate of drug-likeness (QED) is 0.509. The largest absolute Gasteiger partial charge is 0.464 e. The lowest BCUT2D eigenvalue weighted by atomic mass is 10.0. The molecule has 1 amide bonds. The maximum absolute atomic E-state index is 12.9. The Morgan fingerprint density at radius 1 is 1.17 bits per heavy atom. The molecule has 0 radical (unpaired) electrons. The summed E-state index contributed by atoms with van der Waals surface area (Å²) in [7, 11) is 1.84. The molecule has 2 aromatic carbocycles. The van der Waals surface area contributed by atoms with Gasteiger partial charge in [-0.2, -0.15) is 5.10 Å². The Morgan fingerprint density at radius 3 is 2.59 bits per heavy atom. The summed E-state index contributed by atoms with van der Waals surface area (Å²) in [5, 5.41) is 5.15. The number of amides is 1. The van der Waals surface area contributed by atoms with Crippen LogP contribution in [0.4, 0.5) is 0 Å². The van der Waals surface area contributed by atoms with Gasteiger partial charge >= 0.3 is 0 Å². The first-order valence-corrected chi connectivity index (χ1v) is 9.62. The molecule has 0 unspecified atom stereocenters. The predicted octanol–water partition coefficient (Wildman–Crippen LogP) is 4.39. The van der Waals surface area contributed by atoms with E-state index in [-0.39, 0.29) is 11.9 Å². The van der Waals surface area contributed by atoms with Gasteiger partial charge in [0.1, 0.15) is 18.2 Å². The molecule has 0 saturated carbocycles. The van der Waals surface area contributed by atoms with Gasteiger partial charge in [0, 0.05) is 18.0 Å². The smallest absolute Gasteiger partial charge is 0.227 e. The van der Waals surface area contributed by atoms with Gasteiger partial charge in [-0.25, -0.2) is 9.67 Å². The number of hydrogen-bond donors (Lipinski definition) is 0. The van der Waals surface area contributed by atoms with Crippen molar-refractivity contribution in [2.24, 2.45) is 0 Å². The molecule has 4 aromatic rings. The Bertz CT molecular complexity index is 1140. The zero-order valence-corrected chi connectivity index (χ0v) is 17.1. The zero-order valence-electron chi connectivity index (χ0n) is 17.1. The maximum atomic E-state index is 12.9. The number of carbonyl (C=O) groups is 1. The lowest BCUT2D eigenvalue weighted by molar-refractivity contribution is -0.131. The first-order chi connectivity index (χ1) is 13.9. The van der Waals surface area contributed by atoms with Crippen molar-refractivity contribution in [3.8, 4) is 5.69 Å². The second kappa shape index (κ2) is 7.54. The van der Waals surface area contributed by atoms with Gasteiger partial charge in [-0.3, -0.25) is 4.79 Å². The number of aryl methyl sites for hydroxylation is 2. The third-order valence-electron chi connectivity index (χ3n) is 5.64. The van der Waals surface area contributed by atoms with Crippen LogP contribution in [0.25, 0.3) is 16.7 Å². The first kappa shape index (κ1) is 18.9. The zero-order chi connectivity index (χ0) is 20.5. The van der Waals surface area contributed by atoms with Gasteiger partial charge in [0.05, 0.1) is 24.4 Å². The third-order valence-corrected chi connectivity index (χ3v) is 5.64. The molecule has 148 valence electrons. The average Bonchev–Trinajstić information content (AvgIpc) is 3.38. The van der Waals surface area contributed by atoms with Crippen molar-refractivity contribution in [1.82, 2.24) is 19.7 Å². The van der Waals surface area contributed by atoms with E-state index >= 15 is 0 Å². The standard InChI is InChI=1S/C23H24N4O2/c1-15-9-21-19(12-29-22(21)10-16(15)2)11-23(28)26(4)17(3)18-5-7-20(8-6-18)27-14-24-13-25-27/h5-10,12-14,17H,11H2,1-4H3/t17-/m0/s1. The molecule has 0 saturated heterocycles. The summed E-state index contributed by atoms with van der Waals surface area (Å²) < 4.78 is 7.38. The summed E-state index contributed by atoms with van der Waals surface area (Å²) >= 11 is 0. The van der Waals surface area contributed by atoms with Crippen LogP contribution in [0.1, 0.15) is 35.2 Å². The Morgan fingerprint density at radius 2 is 1.90 bits per heavy atom. The van der Waals surface area contributed by atoms with E-state index in [1.165, 1.54) is 17.5 Å². The number of fused-ring (bicyclic) bond motifs is 1. The molecule has 6 nitrogen and oxygen atoms in total. The van der Waals surface area contributed by atoms with E-state index < -0.39 is 0 Å². The monoisotopic (exact) mass is 388 g/mol. The van der Waals surface area contributed by atoms with Crippen LogP contribution in [0, 0.1) is 13.8 Å². The van der Waals surface area contributed by atoms with Crippen LogP contribution in [-0.4, -0.2) is 32.6 Å². The molecule has 6 heteroatoms. The van der Waals surface area contributed by atoms with Gasteiger partial charge in [-0.1, -0.05) is 12.1 Å². The molecule has 4 rings (SSSR count). The summed E-state index contributed by atoms with van der Waals surface area (Å²) in [6.45, 7) is 6.17. The summed E-state index contributed by atoms with van der Waals surface area (Å²) in [4.78, 5) is 18.7. The van der Waals surface area contributed by atoms with Crippen LogP contribution >= 0.6 is 0 Å². The highest BCUT2D eigenvalue weighted by Crippen LogP contribution is 2.27. The van der Waals surface area contributed by atoms with Crippen molar-refractivity contribution in [2.45, 2.75) is 33.2 Å². The Kier molecular flexibility index (Phi) is 4.92. The van der Waals surface area contributed by atoms with Gasteiger partial charge < -0.3 is 9.32 Å². The molecule has 0 N–H and O–H groups in total. The molecule has 0 aliphatic heterocycles. The summed E-state index contributed by atoms with van der Waals surface area (Å²) in [6.07, 6.45) is 5.18. The van der Waals surface area contributed by atoms with Gasteiger partial charge in [0.2, 0.25) is 5.91 Å². The highest BCUT2D eigenvalue weighted by atomic mass is 16.3. The number of carbonyl (C=O) groups excluding carboxylic acids is 1. The van der Waals surface area contributed by atoms with Crippen molar-refractivity contribution in [3.63, 3.8) is 0 Å². The molecule has 0 aliphatic carbocycles. The molecule has 0 aliphatic rings. The predicted molar refractivity (Wildman–Crippen MR) is 112 cm³/mol. The fourth-order valence-corrected chi connectivity index (χ4v) is 3.45. The van der Waals surface area contributed by atoms with E-state index in [2.05, 4.69) is 30.0 Å². The summed E-state index contributed by atoms with van der Waals surface area (Å²) in [5.74, 6) is 0.0544. The normalized spacial score (nSPS) is 12.3. The van der Waals surface area contributed by atoms with E-state index in [4.69, 9.17) is 4.42 Å². The fourth-order valence-electron chi connectivity index (χ4n) is 3.45. The van der Waals surface area contributed by atoms with E-state index in [0.29, 0.717) is 6.42 Å². The van der Waals surface area contributed by atoms with E-state index in [0.717, 1.165) is 27.8 Å². The van der Waals surface area contributed by atoms with Gasteiger partial charge in [-0.05, 0) is 61.7 Å². The van der Waals surface area contributed by atoms with E-state index in [1.807, 2.05) is 44.3 Å². The SMILES string of the molecule is Cc1cc2occ(CC(=O)N(C)[C@@H](C)c3ccc(-n4cncn4)cc3)c2cc1C. The second-order valence-corrected chi connectivity index (χ2v) is 7.48. The van der Waals surface area contributed by atoms with Crippen LogP contribution in [0.2, 0.25) is 0 Å². The van der Waals surface area contributed by atoms with Crippen LogP contribution < -0.4 is 0 Å². The third kappa shape index (κ3) is 3.66. The van der Waals surface area contributed by atoms with E-state index in [9.17, 15) is 4.79 Å². The molecular weight excluding hydrogens is 364 g/mol. The molecular formula is C23H24N4O2. The van der Waals surface area contributed by atoms with Crippen molar-refractivity contribution in [1.29, 1.82) is 0 Å². The minimum absolute atomic E-state index is 0.0468. The van der Waals surface area contributed by atoms with Crippen LogP contribution in [0.5, 0.6) is 0 Å². The maximum Gasteiger partial charge on any atom is 0.227 e. The minimum Gasteiger partial charge on any atom is -0.464 e. The van der Waals surface area contributed by atoms with Gasteiger partial charge in [0.15, 0.2) is 0 Å². The number of nitrogens with zero attached hydrogens (tertiary/aromatic N) is 4. The van der Waals surface area contributed by atoms with Crippen molar-refractivity contribution in [2.75, 3.05) is 7.05 Å². The number of likely N-dealkylation sites (N-methyl/N-ethyl adjacent to an activating group) is 1. The fraction of sp³-hybridized carbons (Fsp3) is 0.261. The second-order valence-electron chi connectivity index (χ2n) is 7.48. The lowest BCUT2D eigenvalue weighted by Gasteiger charge is -2.25. The van der Waals surface area contributed by atoms with Crippen LogP contribution in [-0.2, 0) is 11.2 Å². The Hall–Kier alpha value is -3.41. The number of rotatable bonds is 5. The van der Waals surface area contributed by atoms with Crippen LogP contribution in [0.3, 0.4) is 0 Å². The van der Waals surface area contributed by atoms with Crippen molar-refractivity contribution >= 4 is 16.9 Å². The number of benzene rings is 2. The minimum atomic E-state index is -0.0468. The average molecular weight is 388 g/mol. The Balaban J connectivity index is 1.49. The molecule has 0 fully saturated rings. The van der Waals surface area contributed by atoms with Crippen molar-refractivity contribution in [3.05, 3.63) is 77.6 Å². The number of furan rings is 1. The molecule has 2 heterocycles. The first-order valence-electron chi connectivity index (χ1n) is 9.62. The molecule has 2 aromatic heterocycles. The van der Waals surface area contributed by atoms with E-state index in [1.54, 1.807) is 22.2 Å². The number of hydrogen-bond acceptors (Lipinski definition) is 4. The Labute approximate surface area is 169 Å². The highest BCUT2D eigenvalue weighted by Gasteiger charge is 2.20.